The van der Waals surface area contributed by atoms with Gasteiger partial charge in [0.2, 0.25) is 11.8 Å². The summed E-state index contributed by atoms with van der Waals surface area (Å²) in [5.74, 6) is 1.40. The van der Waals surface area contributed by atoms with Crippen molar-refractivity contribution in [3.05, 3.63) is 107 Å². The molecule has 0 atom stereocenters. The summed E-state index contributed by atoms with van der Waals surface area (Å²) in [5, 5.41) is 9.57. The Balaban J connectivity index is 1.42. The van der Waals surface area contributed by atoms with Crippen molar-refractivity contribution in [3.8, 4) is 11.5 Å². The Labute approximate surface area is 189 Å². The maximum absolute atomic E-state index is 13.2. The summed E-state index contributed by atoms with van der Waals surface area (Å²) >= 11 is 1.43. The van der Waals surface area contributed by atoms with E-state index in [0.717, 1.165) is 12.0 Å². The van der Waals surface area contributed by atoms with Gasteiger partial charge in [0.05, 0.1) is 16.7 Å². The first-order valence-corrected chi connectivity index (χ1v) is 11.3. The van der Waals surface area contributed by atoms with Gasteiger partial charge in [-0.3, -0.25) is 9.36 Å². The van der Waals surface area contributed by atoms with Crippen molar-refractivity contribution in [2.75, 3.05) is 0 Å². The number of aryl methyl sites for hydroxylation is 1. The lowest BCUT2D eigenvalue weighted by atomic mass is 10.1. The van der Waals surface area contributed by atoms with E-state index in [-0.39, 0.29) is 5.56 Å². The molecule has 5 aromatic rings. The first kappa shape index (κ1) is 20.2. The average molecular weight is 441 g/mol. The highest BCUT2D eigenvalue weighted by Crippen LogP contribution is 2.24. The van der Waals surface area contributed by atoms with Crippen LogP contribution >= 0.6 is 11.8 Å². The minimum Gasteiger partial charge on any atom is -0.420 e. The number of hydrogen-bond donors (Lipinski definition) is 0. The van der Waals surface area contributed by atoms with Crippen LogP contribution in [0.2, 0.25) is 0 Å². The maximum Gasteiger partial charge on any atom is 0.262 e. The second-order valence-corrected chi connectivity index (χ2v) is 8.20. The quantitative estimate of drug-likeness (QED) is 0.262. The van der Waals surface area contributed by atoms with Crippen LogP contribution in [0.3, 0.4) is 0 Å². The molecule has 6 nitrogen and oxygen atoms in total. The maximum atomic E-state index is 13.2. The molecule has 2 aromatic heterocycles. The van der Waals surface area contributed by atoms with E-state index < -0.39 is 0 Å². The number of fused-ring (bicyclic) bond motifs is 1. The van der Waals surface area contributed by atoms with Crippen LogP contribution in [0.25, 0.3) is 22.4 Å². The van der Waals surface area contributed by atoms with Crippen LogP contribution < -0.4 is 5.56 Å². The third-order valence-electron chi connectivity index (χ3n) is 5.11. The molecule has 3 aromatic carbocycles. The third-order valence-corrected chi connectivity index (χ3v) is 6.07. The zero-order valence-corrected chi connectivity index (χ0v) is 18.0. The zero-order chi connectivity index (χ0) is 21.8. The second-order valence-electron chi connectivity index (χ2n) is 7.26. The van der Waals surface area contributed by atoms with E-state index >= 15 is 0 Å². The van der Waals surface area contributed by atoms with Gasteiger partial charge in [-0.25, -0.2) is 4.98 Å². The molecule has 0 aliphatic carbocycles. The average Bonchev–Trinajstić information content (AvgIpc) is 3.33. The minimum atomic E-state index is -0.0375. The molecule has 32 heavy (non-hydrogen) atoms. The van der Waals surface area contributed by atoms with E-state index in [9.17, 15) is 4.79 Å². The van der Waals surface area contributed by atoms with E-state index in [4.69, 9.17) is 9.40 Å². The van der Waals surface area contributed by atoms with Crippen LogP contribution in [0.15, 0.2) is 99.3 Å². The van der Waals surface area contributed by atoms with Crippen LogP contribution in [-0.2, 0) is 18.7 Å². The summed E-state index contributed by atoms with van der Waals surface area (Å²) in [4.78, 5) is 18.0. The molecule has 0 saturated carbocycles. The molecule has 0 fully saturated rings. The molecule has 0 unspecified atom stereocenters. The molecule has 158 valence electrons. The van der Waals surface area contributed by atoms with Crippen molar-refractivity contribution in [3.63, 3.8) is 0 Å². The van der Waals surface area contributed by atoms with Crippen LogP contribution in [0.5, 0.6) is 0 Å². The highest BCUT2D eigenvalue weighted by Gasteiger charge is 2.14. The molecule has 0 aliphatic heterocycles. The highest BCUT2D eigenvalue weighted by atomic mass is 32.2. The number of rotatable bonds is 7. The van der Waals surface area contributed by atoms with Gasteiger partial charge in [-0.05, 0) is 36.2 Å². The number of aromatic nitrogens is 4. The summed E-state index contributed by atoms with van der Waals surface area (Å²) in [6, 6.07) is 27.2. The van der Waals surface area contributed by atoms with Crippen LogP contribution in [-0.4, -0.2) is 19.7 Å². The Hall–Kier alpha value is -3.71. The Morgan fingerprint density at radius 3 is 2.38 bits per heavy atom. The van der Waals surface area contributed by atoms with Crippen LogP contribution in [0, 0.1) is 0 Å². The molecule has 5 rings (SSSR count). The normalized spacial score (nSPS) is 11.1. The Bertz CT molecular complexity index is 1400. The first-order chi connectivity index (χ1) is 15.8. The fourth-order valence-corrected chi connectivity index (χ4v) is 4.34. The largest absolute Gasteiger partial charge is 0.420 e. The molecule has 0 aliphatic rings. The summed E-state index contributed by atoms with van der Waals surface area (Å²) in [7, 11) is 0. The monoisotopic (exact) mass is 440 g/mol. The van der Waals surface area contributed by atoms with Crippen LogP contribution in [0.4, 0.5) is 0 Å². The van der Waals surface area contributed by atoms with Crippen LogP contribution in [0.1, 0.15) is 11.5 Å². The van der Waals surface area contributed by atoms with E-state index in [1.807, 2.05) is 72.8 Å². The Morgan fingerprint density at radius 2 is 1.56 bits per heavy atom. The standard InChI is InChI=1S/C25H20N4O2S/c30-24-20-13-7-8-14-21(20)26-25(29(24)16-15-18-9-3-1-4-10-18)32-17-22-27-28-23(31-22)19-11-5-2-6-12-19/h1-14H,15-17H2. The molecule has 0 amide bonds. The first-order valence-electron chi connectivity index (χ1n) is 10.3. The van der Waals surface area contributed by atoms with Gasteiger partial charge >= 0.3 is 0 Å². The number of benzene rings is 3. The summed E-state index contributed by atoms with van der Waals surface area (Å²) < 4.78 is 7.56. The summed E-state index contributed by atoms with van der Waals surface area (Å²) in [6.45, 7) is 0.544. The summed E-state index contributed by atoms with van der Waals surface area (Å²) in [6.07, 6.45) is 0.743. The number of para-hydroxylation sites is 1. The van der Waals surface area contributed by atoms with E-state index in [1.165, 1.54) is 17.3 Å². The highest BCUT2D eigenvalue weighted by molar-refractivity contribution is 7.98. The zero-order valence-electron chi connectivity index (χ0n) is 17.2. The fraction of sp³-hybridized carbons (Fsp3) is 0.120. The smallest absolute Gasteiger partial charge is 0.262 e. The lowest BCUT2D eigenvalue weighted by molar-refractivity contribution is 0.527. The topological polar surface area (TPSA) is 73.8 Å². The molecular formula is C25H20N4O2S. The van der Waals surface area contributed by atoms with Gasteiger partial charge in [0.1, 0.15) is 0 Å². The van der Waals surface area contributed by atoms with Gasteiger partial charge in [0.25, 0.3) is 5.56 Å². The molecular weight excluding hydrogens is 420 g/mol. The molecule has 0 radical (unpaired) electrons. The van der Waals surface area contributed by atoms with E-state index in [2.05, 4.69) is 22.3 Å². The van der Waals surface area contributed by atoms with Gasteiger partial charge in [0.15, 0.2) is 5.16 Å². The minimum absolute atomic E-state index is 0.0375. The molecule has 0 N–H and O–H groups in total. The number of hydrogen-bond acceptors (Lipinski definition) is 6. The van der Waals surface area contributed by atoms with Crippen molar-refractivity contribution in [1.29, 1.82) is 0 Å². The van der Waals surface area contributed by atoms with Gasteiger partial charge in [-0.2, -0.15) is 0 Å². The predicted octanol–water partition coefficient (Wildman–Crippen LogP) is 4.98. The molecule has 2 heterocycles. The van der Waals surface area contributed by atoms with Gasteiger partial charge in [-0.1, -0.05) is 72.4 Å². The fourth-order valence-electron chi connectivity index (χ4n) is 3.48. The Morgan fingerprint density at radius 1 is 0.844 bits per heavy atom. The lowest BCUT2D eigenvalue weighted by Gasteiger charge is -2.12. The van der Waals surface area contributed by atoms with Crippen molar-refractivity contribution in [1.82, 2.24) is 19.7 Å². The molecule has 7 heteroatoms. The van der Waals surface area contributed by atoms with Gasteiger partial charge in [-0.15, -0.1) is 10.2 Å². The third kappa shape index (κ3) is 4.33. The van der Waals surface area contributed by atoms with E-state index in [1.54, 1.807) is 4.57 Å². The predicted molar refractivity (Wildman–Crippen MR) is 125 cm³/mol. The van der Waals surface area contributed by atoms with Crippen molar-refractivity contribution >= 4 is 22.7 Å². The molecule has 0 saturated heterocycles. The number of thioether (sulfide) groups is 1. The lowest BCUT2D eigenvalue weighted by Crippen LogP contribution is -2.24. The number of nitrogens with zero attached hydrogens (tertiary/aromatic N) is 4. The SMILES string of the molecule is O=c1c2ccccc2nc(SCc2nnc(-c3ccccc3)o2)n1CCc1ccccc1. The second kappa shape index (κ2) is 9.20. The molecule has 0 bridgehead atoms. The van der Waals surface area contributed by atoms with Crippen molar-refractivity contribution in [2.45, 2.75) is 23.9 Å². The van der Waals surface area contributed by atoms with Crippen molar-refractivity contribution < 1.29 is 4.42 Å². The summed E-state index contributed by atoms with van der Waals surface area (Å²) in [5.41, 5.74) is 2.70. The Kier molecular flexibility index (Phi) is 5.81. The van der Waals surface area contributed by atoms with E-state index in [0.29, 0.717) is 40.1 Å². The molecule has 0 spiro atoms. The van der Waals surface area contributed by atoms with Crippen molar-refractivity contribution in [2.24, 2.45) is 0 Å². The van der Waals surface area contributed by atoms with Gasteiger partial charge < -0.3 is 4.42 Å². The van der Waals surface area contributed by atoms with Gasteiger partial charge in [0, 0.05) is 12.1 Å².